The Morgan fingerprint density at radius 1 is 1.15 bits per heavy atom. The number of para-hydroxylation sites is 1. The molecular formula is C19H21ClN4O2S. The van der Waals surface area contributed by atoms with Gasteiger partial charge in [0.1, 0.15) is 18.1 Å². The van der Waals surface area contributed by atoms with Crippen LogP contribution in [0.25, 0.3) is 0 Å². The van der Waals surface area contributed by atoms with Gasteiger partial charge in [-0.15, -0.1) is 10.2 Å². The van der Waals surface area contributed by atoms with Crippen molar-refractivity contribution in [2.45, 2.75) is 31.4 Å². The van der Waals surface area contributed by atoms with E-state index in [2.05, 4.69) is 10.2 Å². The fourth-order valence-corrected chi connectivity index (χ4v) is 3.72. The van der Waals surface area contributed by atoms with Crippen LogP contribution in [0, 0.1) is 13.8 Å². The average molecular weight is 405 g/mol. The predicted octanol–water partition coefficient (Wildman–Crippen LogP) is 4.14. The molecule has 0 saturated heterocycles. The molecule has 0 aliphatic carbocycles. The summed E-state index contributed by atoms with van der Waals surface area (Å²) in [7, 11) is 1.63. The summed E-state index contributed by atoms with van der Waals surface area (Å²) in [6.45, 7) is 4.26. The first-order valence-corrected chi connectivity index (χ1v) is 9.69. The Balaban J connectivity index is 1.68. The first-order valence-electron chi connectivity index (χ1n) is 8.33. The third-order valence-corrected chi connectivity index (χ3v) is 5.32. The van der Waals surface area contributed by atoms with Crippen molar-refractivity contribution < 1.29 is 9.47 Å². The van der Waals surface area contributed by atoms with Gasteiger partial charge in [-0.1, -0.05) is 41.6 Å². The molecule has 0 aliphatic rings. The van der Waals surface area contributed by atoms with E-state index in [1.165, 1.54) is 16.4 Å². The molecule has 0 fully saturated rings. The summed E-state index contributed by atoms with van der Waals surface area (Å²) in [6.07, 6.45) is 0. The van der Waals surface area contributed by atoms with Gasteiger partial charge in [0.15, 0.2) is 5.82 Å². The largest absolute Gasteiger partial charge is 0.496 e. The molecule has 0 radical (unpaired) electrons. The first kappa shape index (κ1) is 19.4. The van der Waals surface area contributed by atoms with E-state index in [-0.39, 0.29) is 6.61 Å². The topological polar surface area (TPSA) is 75.2 Å². The highest BCUT2D eigenvalue weighted by atomic mass is 35.5. The number of methoxy groups -OCH3 is 1. The number of nitrogens with zero attached hydrogens (tertiary/aromatic N) is 3. The Hall–Kier alpha value is -2.38. The Bertz CT molecular complexity index is 925. The van der Waals surface area contributed by atoms with Crippen molar-refractivity contribution in [3.63, 3.8) is 0 Å². The lowest BCUT2D eigenvalue weighted by Crippen LogP contribution is -2.16. The molecule has 3 rings (SSSR count). The molecule has 0 atom stereocenters. The number of thioether (sulfide) groups is 1. The van der Waals surface area contributed by atoms with Gasteiger partial charge in [-0.25, -0.2) is 4.68 Å². The van der Waals surface area contributed by atoms with Crippen LogP contribution >= 0.6 is 23.4 Å². The van der Waals surface area contributed by atoms with Crippen LogP contribution in [0.3, 0.4) is 0 Å². The van der Waals surface area contributed by atoms with Gasteiger partial charge in [0, 0.05) is 16.3 Å². The monoisotopic (exact) mass is 404 g/mol. The second-order valence-corrected chi connectivity index (χ2v) is 7.40. The molecule has 142 valence electrons. The van der Waals surface area contributed by atoms with Crippen molar-refractivity contribution >= 4 is 23.4 Å². The molecule has 8 heteroatoms. The highest BCUT2D eigenvalue weighted by Gasteiger charge is 2.14. The number of aromatic nitrogens is 3. The van der Waals surface area contributed by atoms with Crippen molar-refractivity contribution in [2.75, 3.05) is 13.0 Å². The van der Waals surface area contributed by atoms with Crippen molar-refractivity contribution in [3.05, 3.63) is 63.9 Å². The molecule has 0 aliphatic heterocycles. The number of hydrogen-bond donors (Lipinski definition) is 1. The average Bonchev–Trinajstić information content (AvgIpc) is 2.99. The molecule has 1 heterocycles. The Morgan fingerprint density at radius 3 is 2.59 bits per heavy atom. The highest BCUT2D eigenvalue weighted by molar-refractivity contribution is 7.98. The van der Waals surface area contributed by atoms with Gasteiger partial charge >= 0.3 is 0 Å². The minimum atomic E-state index is 0.246. The SMILES string of the molecule is COc1ccc(Cl)cc1CSc1nnc(COc2c(C)cccc2C)n1N. The van der Waals surface area contributed by atoms with Gasteiger partial charge in [0.05, 0.1) is 7.11 Å². The second-order valence-electron chi connectivity index (χ2n) is 6.02. The summed E-state index contributed by atoms with van der Waals surface area (Å²) >= 11 is 7.53. The number of aryl methyl sites for hydroxylation is 2. The molecule has 0 amide bonds. The van der Waals surface area contributed by atoms with Crippen molar-refractivity contribution in [1.29, 1.82) is 0 Å². The van der Waals surface area contributed by atoms with Crippen LogP contribution in [0.5, 0.6) is 11.5 Å². The number of benzene rings is 2. The van der Waals surface area contributed by atoms with E-state index in [0.29, 0.717) is 21.8 Å². The maximum Gasteiger partial charge on any atom is 0.210 e. The first-order chi connectivity index (χ1) is 13.0. The summed E-state index contributed by atoms with van der Waals surface area (Å²) in [5.74, 6) is 8.92. The lowest BCUT2D eigenvalue weighted by Gasteiger charge is -2.11. The standard InChI is InChI=1S/C19H21ClN4O2S/c1-12-5-4-6-13(2)18(12)26-10-17-22-23-19(24(17)21)27-11-14-9-15(20)7-8-16(14)25-3/h4-9H,10-11,21H2,1-3H3. The maximum absolute atomic E-state index is 6.14. The Kier molecular flexibility index (Phi) is 6.13. The fourth-order valence-electron chi connectivity index (χ4n) is 2.67. The van der Waals surface area contributed by atoms with Crippen molar-refractivity contribution in [3.8, 4) is 11.5 Å². The number of hydrogen-bond acceptors (Lipinski definition) is 6. The highest BCUT2D eigenvalue weighted by Crippen LogP contribution is 2.29. The van der Waals surface area contributed by atoms with E-state index >= 15 is 0 Å². The molecule has 0 unspecified atom stereocenters. The summed E-state index contributed by atoms with van der Waals surface area (Å²) in [4.78, 5) is 0. The lowest BCUT2D eigenvalue weighted by molar-refractivity contribution is 0.288. The number of rotatable bonds is 7. The fraction of sp³-hybridized carbons (Fsp3) is 0.263. The van der Waals surface area contributed by atoms with Gasteiger partial charge in [-0.05, 0) is 43.2 Å². The molecule has 2 N–H and O–H groups in total. The van der Waals surface area contributed by atoms with Gasteiger partial charge in [0.25, 0.3) is 0 Å². The molecule has 27 heavy (non-hydrogen) atoms. The molecule has 2 aromatic carbocycles. The minimum absolute atomic E-state index is 0.246. The van der Waals surface area contributed by atoms with Gasteiger partial charge in [0.2, 0.25) is 5.16 Å². The van der Waals surface area contributed by atoms with Crippen LogP contribution in [-0.2, 0) is 12.4 Å². The van der Waals surface area contributed by atoms with E-state index in [9.17, 15) is 0 Å². The zero-order valence-corrected chi connectivity index (χ0v) is 17.0. The van der Waals surface area contributed by atoms with Gasteiger partial charge in [-0.3, -0.25) is 0 Å². The van der Waals surface area contributed by atoms with Crippen LogP contribution in [0.15, 0.2) is 41.6 Å². The molecular weight excluding hydrogens is 384 g/mol. The third-order valence-electron chi connectivity index (χ3n) is 4.09. The number of nitrogen functional groups attached to an aromatic ring is 1. The van der Waals surface area contributed by atoms with Crippen LogP contribution in [0.2, 0.25) is 5.02 Å². The summed E-state index contributed by atoms with van der Waals surface area (Å²) in [5, 5.41) is 9.56. The summed E-state index contributed by atoms with van der Waals surface area (Å²) < 4.78 is 12.7. The predicted molar refractivity (Wildman–Crippen MR) is 108 cm³/mol. The molecule has 0 spiro atoms. The van der Waals surface area contributed by atoms with E-state index in [4.69, 9.17) is 26.9 Å². The zero-order valence-electron chi connectivity index (χ0n) is 15.4. The third kappa shape index (κ3) is 4.48. The second kappa shape index (κ2) is 8.54. The van der Waals surface area contributed by atoms with Crippen LogP contribution in [-0.4, -0.2) is 22.0 Å². The normalized spacial score (nSPS) is 10.8. The van der Waals surface area contributed by atoms with Crippen molar-refractivity contribution in [2.24, 2.45) is 0 Å². The lowest BCUT2D eigenvalue weighted by atomic mass is 10.1. The van der Waals surface area contributed by atoms with Crippen LogP contribution < -0.4 is 15.3 Å². The van der Waals surface area contributed by atoms with E-state index < -0.39 is 0 Å². The smallest absolute Gasteiger partial charge is 0.210 e. The van der Waals surface area contributed by atoms with Gasteiger partial charge < -0.3 is 15.3 Å². The quantitative estimate of drug-likeness (QED) is 0.471. The van der Waals surface area contributed by atoms with Crippen LogP contribution in [0.1, 0.15) is 22.5 Å². The number of nitrogens with two attached hydrogens (primary N) is 1. The zero-order chi connectivity index (χ0) is 19.4. The van der Waals surface area contributed by atoms with Crippen molar-refractivity contribution in [1.82, 2.24) is 14.9 Å². The van der Waals surface area contributed by atoms with E-state index in [1.807, 2.05) is 44.2 Å². The summed E-state index contributed by atoms with van der Waals surface area (Å²) in [6, 6.07) is 11.5. The minimum Gasteiger partial charge on any atom is -0.496 e. The molecule has 3 aromatic rings. The molecule has 0 bridgehead atoms. The molecule has 6 nitrogen and oxygen atoms in total. The maximum atomic E-state index is 6.14. The summed E-state index contributed by atoms with van der Waals surface area (Å²) in [5.41, 5.74) is 3.10. The van der Waals surface area contributed by atoms with E-state index in [0.717, 1.165) is 28.2 Å². The van der Waals surface area contributed by atoms with Gasteiger partial charge in [-0.2, -0.15) is 0 Å². The molecule has 0 saturated carbocycles. The molecule has 1 aromatic heterocycles. The van der Waals surface area contributed by atoms with Crippen LogP contribution in [0.4, 0.5) is 0 Å². The number of ether oxygens (including phenoxy) is 2. The number of halogens is 1. The van der Waals surface area contributed by atoms with E-state index in [1.54, 1.807) is 13.2 Å². The Morgan fingerprint density at radius 2 is 1.89 bits per heavy atom. The Labute approximate surface area is 167 Å².